The van der Waals surface area contributed by atoms with Crippen molar-refractivity contribution >= 4 is 5.91 Å². The molecule has 1 aliphatic carbocycles. The highest BCUT2D eigenvalue weighted by Crippen LogP contribution is 2.33. The Balaban J connectivity index is 1.30. The van der Waals surface area contributed by atoms with E-state index in [4.69, 9.17) is 4.74 Å². The summed E-state index contributed by atoms with van der Waals surface area (Å²) in [7, 11) is 0. The molecule has 136 valence electrons. The third-order valence-electron chi connectivity index (χ3n) is 6.19. The van der Waals surface area contributed by atoms with E-state index in [1.165, 1.54) is 25.8 Å². The number of hydrogen-bond acceptors (Lipinski definition) is 4. The average Bonchev–Trinajstić information content (AvgIpc) is 2.61. The molecule has 5 heteroatoms. The molecule has 0 N–H and O–H groups in total. The molecule has 3 fully saturated rings. The number of carbonyl (C=O) groups is 1. The van der Waals surface area contributed by atoms with Gasteiger partial charge in [-0.05, 0) is 43.2 Å². The van der Waals surface area contributed by atoms with Crippen LogP contribution in [0.5, 0.6) is 0 Å². The van der Waals surface area contributed by atoms with Gasteiger partial charge in [-0.15, -0.1) is 0 Å². The highest BCUT2D eigenvalue weighted by molar-refractivity contribution is 5.78. The lowest BCUT2D eigenvalue weighted by atomic mass is 9.83. The summed E-state index contributed by atoms with van der Waals surface area (Å²) < 4.78 is 6.20. The molecule has 3 aliphatic rings. The summed E-state index contributed by atoms with van der Waals surface area (Å²) in [6.07, 6.45) is 10.3. The van der Waals surface area contributed by atoms with Crippen LogP contribution < -0.4 is 0 Å². The second kappa shape index (κ2) is 7.42. The maximum Gasteiger partial charge on any atom is 0.227 e. The lowest BCUT2D eigenvalue weighted by Gasteiger charge is -2.48. The summed E-state index contributed by atoms with van der Waals surface area (Å²) in [6.45, 7) is 5.62. The van der Waals surface area contributed by atoms with Crippen molar-refractivity contribution in [3.8, 4) is 0 Å². The summed E-state index contributed by atoms with van der Waals surface area (Å²) in [5, 5.41) is 0. The largest absolute Gasteiger partial charge is 0.371 e. The molecule has 5 nitrogen and oxygen atoms in total. The van der Waals surface area contributed by atoms with Crippen molar-refractivity contribution in [2.45, 2.75) is 44.1 Å². The first-order valence-corrected chi connectivity index (χ1v) is 9.75. The molecule has 0 unspecified atom stereocenters. The fraction of sp³-hybridized carbons (Fsp3) is 0.700. The lowest BCUT2D eigenvalue weighted by molar-refractivity contribution is -0.159. The topological polar surface area (TPSA) is 45.7 Å². The molecule has 2 saturated heterocycles. The second-order valence-corrected chi connectivity index (χ2v) is 7.98. The Morgan fingerprint density at radius 1 is 1.28 bits per heavy atom. The molecular weight excluding hydrogens is 314 g/mol. The van der Waals surface area contributed by atoms with Crippen LogP contribution in [0, 0.1) is 5.92 Å². The van der Waals surface area contributed by atoms with E-state index in [2.05, 4.69) is 9.88 Å². The highest BCUT2D eigenvalue weighted by Gasteiger charge is 2.41. The Morgan fingerprint density at radius 3 is 2.80 bits per heavy atom. The number of hydrogen-bond donors (Lipinski definition) is 0. The second-order valence-electron chi connectivity index (χ2n) is 7.98. The first-order valence-electron chi connectivity index (χ1n) is 9.75. The number of morpholine rings is 1. The molecule has 1 spiro atoms. The summed E-state index contributed by atoms with van der Waals surface area (Å²) >= 11 is 0. The van der Waals surface area contributed by atoms with Crippen LogP contribution in [0.15, 0.2) is 24.5 Å². The Morgan fingerprint density at radius 2 is 2.12 bits per heavy atom. The first kappa shape index (κ1) is 17.0. The number of likely N-dealkylation sites (tertiary alicyclic amines) is 1. The molecule has 2 aliphatic heterocycles. The Kier molecular flexibility index (Phi) is 5.04. The molecule has 0 bridgehead atoms. The normalized spacial score (nSPS) is 24.2. The van der Waals surface area contributed by atoms with E-state index in [0.717, 1.165) is 44.0 Å². The van der Waals surface area contributed by atoms with Gasteiger partial charge in [0.2, 0.25) is 5.91 Å². The quantitative estimate of drug-likeness (QED) is 0.840. The van der Waals surface area contributed by atoms with Gasteiger partial charge in [-0.3, -0.25) is 9.78 Å². The maximum atomic E-state index is 12.7. The standard InChI is InChI=1S/C20H29N3O2/c24-19(13-18-5-2-8-21-14-18)23-11-12-25-20(16-23)6-9-22(10-7-20)15-17-3-1-4-17/h2,5,8,14,17H,1,3-4,6-7,9-13,15-16H2. The van der Waals surface area contributed by atoms with Crippen molar-refractivity contribution in [1.29, 1.82) is 0 Å². The van der Waals surface area contributed by atoms with Crippen molar-refractivity contribution in [2.75, 3.05) is 39.3 Å². The van der Waals surface area contributed by atoms with Gasteiger partial charge in [0.15, 0.2) is 0 Å². The van der Waals surface area contributed by atoms with E-state index in [1.54, 1.807) is 12.4 Å². The van der Waals surface area contributed by atoms with E-state index in [9.17, 15) is 4.79 Å². The van der Waals surface area contributed by atoms with Gasteiger partial charge in [0.1, 0.15) is 0 Å². The van der Waals surface area contributed by atoms with Crippen LogP contribution >= 0.6 is 0 Å². The predicted octanol–water partition coefficient (Wildman–Crippen LogP) is 2.12. The minimum absolute atomic E-state index is 0.112. The van der Waals surface area contributed by atoms with Gasteiger partial charge >= 0.3 is 0 Å². The fourth-order valence-corrected chi connectivity index (χ4v) is 4.33. The minimum Gasteiger partial charge on any atom is -0.371 e. The number of rotatable bonds is 4. The number of ether oxygens (including phenoxy) is 1. The molecule has 1 amide bonds. The van der Waals surface area contributed by atoms with Crippen LogP contribution in [0.2, 0.25) is 0 Å². The van der Waals surface area contributed by atoms with E-state index in [-0.39, 0.29) is 11.5 Å². The number of aromatic nitrogens is 1. The Hall–Kier alpha value is -1.46. The number of pyridine rings is 1. The average molecular weight is 343 g/mol. The maximum absolute atomic E-state index is 12.7. The molecule has 0 atom stereocenters. The predicted molar refractivity (Wildman–Crippen MR) is 96.2 cm³/mol. The van der Waals surface area contributed by atoms with Crippen LogP contribution in [-0.2, 0) is 16.0 Å². The number of nitrogens with zero attached hydrogens (tertiary/aromatic N) is 3. The summed E-state index contributed by atoms with van der Waals surface area (Å²) in [6, 6.07) is 3.86. The molecule has 25 heavy (non-hydrogen) atoms. The van der Waals surface area contributed by atoms with Crippen LogP contribution in [0.3, 0.4) is 0 Å². The van der Waals surface area contributed by atoms with E-state index in [0.29, 0.717) is 19.6 Å². The van der Waals surface area contributed by atoms with Gasteiger partial charge in [0, 0.05) is 45.1 Å². The molecule has 1 aromatic heterocycles. The number of piperidine rings is 1. The molecule has 3 heterocycles. The zero-order valence-electron chi connectivity index (χ0n) is 15.0. The van der Waals surface area contributed by atoms with Crippen molar-refractivity contribution < 1.29 is 9.53 Å². The summed E-state index contributed by atoms with van der Waals surface area (Å²) in [5.74, 6) is 1.13. The number of amides is 1. The molecule has 1 aromatic rings. The number of carbonyl (C=O) groups excluding carboxylic acids is 1. The van der Waals surface area contributed by atoms with Crippen LogP contribution in [0.25, 0.3) is 0 Å². The highest BCUT2D eigenvalue weighted by atomic mass is 16.5. The minimum atomic E-state index is -0.112. The molecule has 0 radical (unpaired) electrons. The van der Waals surface area contributed by atoms with E-state index < -0.39 is 0 Å². The third-order valence-corrected chi connectivity index (χ3v) is 6.19. The van der Waals surface area contributed by atoms with Gasteiger partial charge in [0.25, 0.3) is 0 Å². The summed E-state index contributed by atoms with van der Waals surface area (Å²) in [4.78, 5) is 21.4. The zero-order valence-corrected chi connectivity index (χ0v) is 15.0. The molecule has 4 rings (SSSR count). The Bertz CT molecular complexity index is 580. The van der Waals surface area contributed by atoms with Crippen molar-refractivity contribution in [3.05, 3.63) is 30.1 Å². The third kappa shape index (κ3) is 4.04. The van der Waals surface area contributed by atoms with E-state index in [1.807, 2.05) is 17.0 Å². The van der Waals surface area contributed by atoms with Gasteiger partial charge in [0.05, 0.1) is 18.6 Å². The molecule has 0 aromatic carbocycles. The van der Waals surface area contributed by atoms with Crippen molar-refractivity contribution in [1.82, 2.24) is 14.8 Å². The van der Waals surface area contributed by atoms with Crippen molar-refractivity contribution in [3.63, 3.8) is 0 Å². The van der Waals surface area contributed by atoms with Gasteiger partial charge in [-0.1, -0.05) is 12.5 Å². The molecule has 1 saturated carbocycles. The fourth-order valence-electron chi connectivity index (χ4n) is 4.33. The Labute approximate surface area is 150 Å². The molecular formula is C20H29N3O2. The van der Waals surface area contributed by atoms with Gasteiger partial charge in [-0.25, -0.2) is 0 Å². The van der Waals surface area contributed by atoms with E-state index >= 15 is 0 Å². The van der Waals surface area contributed by atoms with Crippen molar-refractivity contribution in [2.24, 2.45) is 5.92 Å². The van der Waals surface area contributed by atoms with Crippen LogP contribution in [-0.4, -0.2) is 65.6 Å². The summed E-state index contributed by atoms with van der Waals surface area (Å²) in [5.41, 5.74) is 0.877. The van der Waals surface area contributed by atoms with Gasteiger partial charge < -0.3 is 14.5 Å². The van der Waals surface area contributed by atoms with Gasteiger partial charge in [-0.2, -0.15) is 0 Å². The monoisotopic (exact) mass is 343 g/mol. The lowest BCUT2D eigenvalue weighted by Crippen LogP contribution is -2.58. The van der Waals surface area contributed by atoms with Crippen LogP contribution in [0.4, 0.5) is 0 Å². The SMILES string of the molecule is O=C(Cc1cccnc1)N1CCOC2(CCN(CC3CCC3)CC2)C1. The smallest absolute Gasteiger partial charge is 0.227 e. The zero-order chi connectivity index (χ0) is 17.1. The van der Waals surface area contributed by atoms with Crippen LogP contribution in [0.1, 0.15) is 37.7 Å². The first-order chi connectivity index (χ1) is 12.2.